The number of ether oxygens (including phenoxy) is 1. The molecule has 1 N–H and O–H groups in total. The molecule has 0 radical (unpaired) electrons. The number of para-hydroxylation sites is 1. The zero-order valence-corrected chi connectivity index (χ0v) is 16.6. The van der Waals surface area contributed by atoms with E-state index in [0.717, 1.165) is 6.42 Å². The summed E-state index contributed by atoms with van der Waals surface area (Å²) in [5.41, 5.74) is 1.13. The van der Waals surface area contributed by atoms with Crippen molar-refractivity contribution in [3.63, 3.8) is 0 Å². The molecule has 0 aromatic heterocycles. The maximum Gasteiger partial charge on any atom is 0.338 e. The summed E-state index contributed by atoms with van der Waals surface area (Å²) in [6.45, 7) is -0.446. The fraction of sp³-hybridized carbons (Fsp3) is 0.250. The average molecular weight is 416 g/mol. The molecule has 2 aromatic rings. The molecule has 0 spiro atoms. The van der Waals surface area contributed by atoms with E-state index in [4.69, 9.17) is 4.74 Å². The number of carbonyl (C=O) groups is 4. The van der Waals surface area contributed by atoms with Crippen LogP contribution in [0.25, 0.3) is 0 Å². The molecule has 31 heavy (non-hydrogen) atoms. The summed E-state index contributed by atoms with van der Waals surface area (Å²) in [6, 6.07) is 15.1. The molecule has 5 rings (SSSR count). The molecule has 7 heteroatoms. The Kier molecular flexibility index (Phi) is 4.66. The standard InChI is InChI=1S/C24H20N2O5/c27-19(25-17-6-2-1-3-7-17)13-31-24(30)16-5-4-8-18(12-16)26-22(28)20-14-9-10-15(11-14)21(20)23(26)29/h1-10,12,14-15,20-21H,11,13H2,(H,25,27)/t14-,15-,20-,21-/m0/s1. The third kappa shape index (κ3) is 3.32. The SMILES string of the molecule is O=C(COC(=O)c1cccc(N2C(=O)[C@@H]3[C@@H](C2=O)[C@H]2C=C[C@H]3C2)c1)Nc1ccccc1. The van der Waals surface area contributed by atoms with Gasteiger partial charge in [0.2, 0.25) is 11.8 Å². The number of amides is 3. The van der Waals surface area contributed by atoms with Gasteiger partial charge in [0.05, 0.1) is 23.1 Å². The van der Waals surface area contributed by atoms with Gasteiger partial charge >= 0.3 is 5.97 Å². The van der Waals surface area contributed by atoms with E-state index in [1.54, 1.807) is 36.4 Å². The molecule has 1 aliphatic heterocycles. The van der Waals surface area contributed by atoms with Gasteiger partial charge in [-0.25, -0.2) is 9.69 Å². The summed E-state index contributed by atoms with van der Waals surface area (Å²) in [5, 5.41) is 2.63. The van der Waals surface area contributed by atoms with Crippen LogP contribution in [0.2, 0.25) is 0 Å². The minimum absolute atomic E-state index is 0.118. The summed E-state index contributed by atoms with van der Waals surface area (Å²) in [4.78, 5) is 51.6. The van der Waals surface area contributed by atoms with E-state index in [0.29, 0.717) is 11.4 Å². The van der Waals surface area contributed by atoms with Crippen molar-refractivity contribution in [3.8, 4) is 0 Å². The van der Waals surface area contributed by atoms with E-state index >= 15 is 0 Å². The number of allylic oxidation sites excluding steroid dienone is 2. The molecular formula is C24H20N2O5. The summed E-state index contributed by atoms with van der Waals surface area (Å²) in [5.74, 6) is -1.96. The fourth-order valence-electron chi connectivity index (χ4n) is 4.86. The van der Waals surface area contributed by atoms with Crippen LogP contribution < -0.4 is 10.2 Å². The zero-order valence-electron chi connectivity index (χ0n) is 16.6. The lowest BCUT2D eigenvalue weighted by Gasteiger charge is -2.18. The van der Waals surface area contributed by atoms with Gasteiger partial charge in [0.25, 0.3) is 5.91 Å². The number of imide groups is 1. The first kappa shape index (κ1) is 19.2. The third-order valence-corrected chi connectivity index (χ3v) is 6.20. The second kappa shape index (κ2) is 7.50. The normalized spacial score (nSPS) is 25.6. The van der Waals surface area contributed by atoms with Gasteiger partial charge in [-0.3, -0.25) is 14.4 Å². The summed E-state index contributed by atoms with van der Waals surface area (Å²) in [7, 11) is 0. The monoisotopic (exact) mass is 416 g/mol. The Balaban J connectivity index is 1.26. The Bertz CT molecular complexity index is 1080. The number of carbonyl (C=O) groups excluding carboxylic acids is 4. The number of benzene rings is 2. The molecule has 2 fully saturated rings. The molecule has 2 aliphatic carbocycles. The van der Waals surface area contributed by atoms with Crippen LogP contribution in [0.4, 0.5) is 11.4 Å². The number of esters is 1. The van der Waals surface area contributed by atoms with Crippen LogP contribution in [-0.4, -0.2) is 30.3 Å². The molecule has 2 bridgehead atoms. The van der Waals surface area contributed by atoms with Crippen LogP contribution in [0.1, 0.15) is 16.8 Å². The first-order valence-electron chi connectivity index (χ1n) is 10.2. The highest BCUT2D eigenvalue weighted by Crippen LogP contribution is 2.53. The van der Waals surface area contributed by atoms with Gasteiger partial charge in [-0.2, -0.15) is 0 Å². The number of anilines is 2. The van der Waals surface area contributed by atoms with Crippen molar-refractivity contribution in [1.29, 1.82) is 0 Å². The molecule has 156 valence electrons. The number of fused-ring (bicyclic) bond motifs is 5. The van der Waals surface area contributed by atoms with Gasteiger partial charge < -0.3 is 10.1 Å². The Labute approximate surface area is 178 Å². The lowest BCUT2D eigenvalue weighted by molar-refractivity contribution is -0.123. The van der Waals surface area contributed by atoms with Crippen LogP contribution in [0, 0.1) is 23.7 Å². The number of nitrogens with zero attached hydrogens (tertiary/aromatic N) is 1. The first-order chi connectivity index (χ1) is 15.0. The van der Waals surface area contributed by atoms with Crippen molar-refractivity contribution >= 4 is 35.1 Å². The van der Waals surface area contributed by atoms with E-state index in [2.05, 4.69) is 5.32 Å². The van der Waals surface area contributed by atoms with E-state index in [-0.39, 0.29) is 41.0 Å². The van der Waals surface area contributed by atoms with Gasteiger partial charge in [0.15, 0.2) is 6.61 Å². The predicted octanol–water partition coefficient (Wildman–Crippen LogP) is 2.79. The smallest absolute Gasteiger partial charge is 0.338 e. The largest absolute Gasteiger partial charge is 0.452 e. The molecular weight excluding hydrogens is 396 g/mol. The van der Waals surface area contributed by atoms with Gasteiger partial charge in [0.1, 0.15) is 0 Å². The molecule has 2 aromatic carbocycles. The summed E-state index contributed by atoms with van der Waals surface area (Å²) in [6.07, 6.45) is 4.93. The van der Waals surface area contributed by atoms with Crippen LogP contribution in [0.3, 0.4) is 0 Å². The van der Waals surface area contributed by atoms with Gasteiger partial charge in [-0.15, -0.1) is 0 Å². The maximum atomic E-state index is 13.0. The lowest BCUT2D eigenvalue weighted by Crippen LogP contribution is -2.33. The minimum atomic E-state index is -0.703. The Morgan fingerprint density at radius 1 is 0.935 bits per heavy atom. The number of rotatable bonds is 5. The summed E-state index contributed by atoms with van der Waals surface area (Å²) < 4.78 is 5.10. The topological polar surface area (TPSA) is 92.8 Å². The second-order valence-electron chi connectivity index (χ2n) is 8.05. The molecule has 3 aliphatic rings. The predicted molar refractivity (Wildman–Crippen MR) is 112 cm³/mol. The third-order valence-electron chi connectivity index (χ3n) is 6.20. The minimum Gasteiger partial charge on any atom is -0.452 e. The van der Waals surface area contributed by atoms with Crippen molar-refractivity contribution in [2.45, 2.75) is 6.42 Å². The van der Waals surface area contributed by atoms with Crippen molar-refractivity contribution in [2.75, 3.05) is 16.8 Å². The van der Waals surface area contributed by atoms with E-state index in [1.807, 2.05) is 18.2 Å². The molecule has 4 atom stereocenters. The molecule has 7 nitrogen and oxygen atoms in total. The summed E-state index contributed by atoms with van der Waals surface area (Å²) >= 11 is 0. The van der Waals surface area contributed by atoms with Crippen LogP contribution in [0.15, 0.2) is 66.7 Å². The Morgan fingerprint density at radius 3 is 2.29 bits per heavy atom. The van der Waals surface area contributed by atoms with Crippen LogP contribution in [-0.2, 0) is 19.1 Å². The molecule has 3 amide bonds. The van der Waals surface area contributed by atoms with Crippen molar-refractivity contribution in [3.05, 3.63) is 72.3 Å². The Morgan fingerprint density at radius 2 is 1.61 bits per heavy atom. The zero-order chi connectivity index (χ0) is 21.5. The Hall–Kier alpha value is -3.74. The van der Waals surface area contributed by atoms with Crippen LogP contribution >= 0.6 is 0 Å². The number of nitrogens with one attached hydrogen (secondary N) is 1. The van der Waals surface area contributed by atoms with Crippen molar-refractivity contribution in [2.24, 2.45) is 23.7 Å². The van der Waals surface area contributed by atoms with E-state index in [9.17, 15) is 19.2 Å². The molecule has 0 unspecified atom stereocenters. The number of hydrogen-bond acceptors (Lipinski definition) is 5. The highest BCUT2D eigenvalue weighted by Gasteiger charge is 2.59. The van der Waals surface area contributed by atoms with Gasteiger partial charge in [0, 0.05) is 5.69 Å². The van der Waals surface area contributed by atoms with Crippen molar-refractivity contribution < 1.29 is 23.9 Å². The first-order valence-corrected chi connectivity index (χ1v) is 10.2. The molecule has 1 saturated heterocycles. The lowest BCUT2D eigenvalue weighted by atomic mass is 9.85. The molecule has 1 saturated carbocycles. The van der Waals surface area contributed by atoms with E-state index in [1.165, 1.54) is 17.0 Å². The second-order valence-corrected chi connectivity index (χ2v) is 8.05. The highest BCUT2D eigenvalue weighted by molar-refractivity contribution is 6.23. The number of hydrogen-bond donors (Lipinski definition) is 1. The van der Waals surface area contributed by atoms with Gasteiger partial charge in [-0.05, 0) is 48.6 Å². The molecule has 1 heterocycles. The maximum absolute atomic E-state index is 13.0. The highest BCUT2D eigenvalue weighted by atomic mass is 16.5. The average Bonchev–Trinajstić information content (AvgIpc) is 3.46. The van der Waals surface area contributed by atoms with Gasteiger partial charge in [-0.1, -0.05) is 36.4 Å². The quantitative estimate of drug-likeness (QED) is 0.460. The van der Waals surface area contributed by atoms with E-state index < -0.39 is 18.5 Å². The fourth-order valence-corrected chi connectivity index (χ4v) is 4.86. The van der Waals surface area contributed by atoms with Crippen molar-refractivity contribution in [1.82, 2.24) is 0 Å². The van der Waals surface area contributed by atoms with Crippen LogP contribution in [0.5, 0.6) is 0 Å².